The zero-order valence-electron chi connectivity index (χ0n) is 13.1. The summed E-state index contributed by atoms with van der Waals surface area (Å²) in [6.07, 6.45) is -4.88. The fourth-order valence-corrected chi connectivity index (χ4v) is 2.82. The Morgan fingerprint density at radius 3 is 2.12 bits per heavy atom. The zero-order valence-corrected chi connectivity index (χ0v) is 14.6. The molecule has 0 saturated heterocycles. The molecular formula is C17H12Cl2F3N3O. The maximum Gasteiger partial charge on any atom is 0.471 e. The van der Waals surface area contributed by atoms with Crippen molar-refractivity contribution in [1.29, 1.82) is 0 Å². The molecule has 0 aliphatic carbocycles. The number of carbonyl (C=O) groups excluding carboxylic acids is 1. The number of benzene rings is 2. The van der Waals surface area contributed by atoms with Crippen LogP contribution in [0.4, 0.5) is 18.9 Å². The van der Waals surface area contributed by atoms with Gasteiger partial charge >= 0.3 is 12.1 Å². The molecule has 0 bridgehead atoms. The van der Waals surface area contributed by atoms with Gasteiger partial charge in [0.15, 0.2) is 0 Å². The van der Waals surface area contributed by atoms with Crippen LogP contribution >= 0.6 is 23.2 Å². The summed E-state index contributed by atoms with van der Waals surface area (Å²) in [6.45, 7) is 0. The highest BCUT2D eigenvalue weighted by Crippen LogP contribution is 2.35. The molecule has 26 heavy (non-hydrogen) atoms. The fourth-order valence-electron chi connectivity index (χ4n) is 2.56. The zero-order chi connectivity index (χ0) is 18.9. The van der Waals surface area contributed by atoms with E-state index in [1.54, 1.807) is 53.5 Å². The van der Waals surface area contributed by atoms with Crippen molar-refractivity contribution in [1.82, 2.24) is 5.32 Å². The van der Waals surface area contributed by atoms with Crippen molar-refractivity contribution >= 4 is 40.6 Å². The minimum atomic E-state index is -4.98. The summed E-state index contributed by atoms with van der Waals surface area (Å²) in [7, 11) is 0. The second-order valence-corrected chi connectivity index (χ2v) is 6.46. The van der Waals surface area contributed by atoms with Crippen molar-refractivity contribution in [2.75, 3.05) is 5.01 Å². The second-order valence-electron chi connectivity index (χ2n) is 5.59. The molecule has 1 aliphatic heterocycles. The smallest absolute Gasteiger partial charge is 0.305 e. The first-order valence-electron chi connectivity index (χ1n) is 7.50. The Balaban J connectivity index is 1.92. The van der Waals surface area contributed by atoms with Crippen LogP contribution in [0.3, 0.4) is 0 Å². The number of hydrogen-bond donors (Lipinski definition) is 1. The van der Waals surface area contributed by atoms with Gasteiger partial charge in [-0.2, -0.15) is 18.3 Å². The molecule has 0 saturated carbocycles. The number of anilines is 1. The Hall–Kier alpha value is -2.25. The van der Waals surface area contributed by atoms with E-state index in [0.29, 0.717) is 15.7 Å². The van der Waals surface area contributed by atoms with E-state index in [2.05, 4.69) is 5.10 Å². The van der Waals surface area contributed by atoms with E-state index >= 15 is 0 Å². The molecule has 9 heteroatoms. The highest BCUT2D eigenvalue weighted by Gasteiger charge is 2.41. The first-order valence-corrected chi connectivity index (χ1v) is 8.25. The Morgan fingerprint density at radius 1 is 1.04 bits per heavy atom. The van der Waals surface area contributed by atoms with E-state index in [4.69, 9.17) is 23.2 Å². The molecule has 1 heterocycles. The van der Waals surface area contributed by atoms with Crippen LogP contribution in [0, 0.1) is 0 Å². The van der Waals surface area contributed by atoms with E-state index in [1.807, 2.05) is 5.32 Å². The third-order valence-corrected chi connectivity index (χ3v) is 4.28. The van der Waals surface area contributed by atoms with Crippen molar-refractivity contribution in [3.63, 3.8) is 0 Å². The predicted octanol–water partition coefficient (Wildman–Crippen LogP) is 4.94. The van der Waals surface area contributed by atoms with Gasteiger partial charge in [0.1, 0.15) is 5.84 Å². The van der Waals surface area contributed by atoms with Gasteiger partial charge in [-0.05, 0) is 42.0 Å². The van der Waals surface area contributed by atoms with Crippen molar-refractivity contribution in [2.24, 2.45) is 5.10 Å². The predicted molar refractivity (Wildman–Crippen MR) is 94.4 cm³/mol. The number of nitrogens with one attached hydrogen (secondary N) is 1. The Kier molecular flexibility index (Phi) is 5.11. The third-order valence-electron chi connectivity index (χ3n) is 3.77. The summed E-state index contributed by atoms with van der Waals surface area (Å²) in [6, 6.07) is 13.2. The molecule has 0 fully saturated rings. The molecule has 0 spiro atoms. The van der Waals surface area contributed by atoms with Gasteiger partial charge in [-0.1, -0.05) is 35.3 Å². The molecule has 2 aromatic carbocycles. The molecule has 1 atom stereocenters. The molecular weight excluding hydrogens is 390 g/mol. The number of nitrogens with zero attached hydrogens (tertiary/aromatic N) is 2. The third kappa shape index (κ3) is 4.11. The average molecular weight is 402 g/mol. The van der Waals surface area contributed by atoms with Crippen LogP contribution in [0.25, 0.3) is 0 Å². The number of hydrogen-bond acceptors (Lipinski definition) is 3. The highest BCUT2D eigenvalue weighted by molar-refractivity contribution is 6.30. The summed E-state index contributed by atoms with van der Waals surface area (Å²) < 4.78 is 37.6. The highest BCUT2D eigenvalue weighted by atomic mass is 35.5. The lowest BCUT2D eigenvalue weighted by atomic mass is 10.0. The molecule has 136 valence electrons. The largest absolute Gasteiger partial charge is 0.471 e. The molecule has 0 aromatic heterocycles. The van der Waals surface area contributed by atoms with Gasteiger partial charge in [-0.25, -0.2) is 0 Å². The number of carbonyl (C=O) groups is 1. The van der Waals surface area contributed by atoms with Gasteiger partial charge in [0.25, 0.3) is 0 Å². The first-order chi connectivity index (χ1) is 12.2. The van der Waals surface area contributed by atoms with Crippen molar-refractivity contribution in [3.8, 4) is 0 Å². The van der Waals surface area contributed by atoms with Crippen molar-refractivity contribution in [2.45, 2.75) is 18.6 Å². The van der Waals surface area contributed by atoms with Crippen molar-refractivity contribution < 1.29 is 18.0 Å². The monoisotopic (exact) mass is 401 g/mol. The van der Waals surface area contributed by atoms with Crippen LogP contribution in [-0.4, -0.2) is 17.9 Å². The van der Waals surface area contributed by atoms with Crippen LogP contribution in [0.15, 0.2) is 53.6 Å². The normalized spacial score (nSPS) is 17.2. The molecule has 1 N–H and O–H groups in total. The minimum Gasteiger partial charge on any atom is -0.305 e. The second kappa shape index (κ2) is 7.17. The molecule has 1 aliphatic rings. The number of amides is 1. The number of rotatable bonds is 2. The molecule has 1 unspecified atom stereocenters. The van der Waals surface area contributed by atoms with Gasteiger partial charge in [0.2, 0.25) is 0 Å². The lowest BCUT2D eigenvalue weighted by Gasteiger charge is -2.23. The molecule has 2 aromatic rings. The summed E-state index contributed by atoms with van der Waals surface area (Å²) in [4.78, 5) is 11.2. The SMILES string of the molecule is O=C(NC1=NN(c2ccc(Cl)cc2)C(c2ccc(Cl)cc2)C1)C(F)(F)F. The van der Waals surface area contributed by atoms with E-state index in [-0.39, 0.29) is 12.3 Å². The first kappa shape index (κ1) is 18.5. The summed E-state index contributed by atoms with van der Waals surface area (Å²) in [5, 5.41) is 8.60. The summed E-state index contributed by atoms with van der Waals surface area (Å²) >= 11 is 11.8. The van der Waals surface area contributed by atoms with E-state index in [0.717, 1.165) is 5.56 Å². The van der Waals surface area contributed by atoms with E-state index < -0.39 is 18.1 Å². The number of hydrazone groups is 1. The minimum absolute atomic E-state index is 0.0674. The van der Waals surface area contributed by atoms with Crippen LogP contribution in [-0.2, 0) is 4.79 Å². The number of halogens is 5. The van der Waals surface area contributed by atoms with E-state index in [9.17, 15) is 18.0 Å². The van der Waals surface area contributed by atoms with Gasteiger partial charge in [-0.15, -0.1) is 0 Å². The Labute approximate surface area is 157 Å². The average Bonchev–Trinajstić information content (AvgIpc) is 2.99. The lowest BCUT2D eigenvalue weighted by molar-refractivity contribution is -0.171. The van der Waals surface area contributed by atoms with Crippen molar-refractivity contribution in [3.05, 3.63) is 64.1 Å². The van der Waals surface area contributed by atoms with Crippen LogP contribution < -0.4 is 10.3 Å². The quantitative estimate of drug-likeness (QED) is 0.774. The van der Waals surface area contributed by atoms with Gasteiger partial charge in [0, 0.05) is 16.5 Å². The van der Waals surface area contributed by atoms with Gasteiger partial charge in [-0.3, -0.25) is 9.80 Å². The van der Waals surface area contributed by atoms with E-state index in [1.165, 1.54) is 0 Å². The summed E-state index contributed by atoms with van der Waals surface area (Å²) in [5.74, 6) is -2.12. The Morgan fingerprint density at radius 2 is 1.58 bits per heavy atom. The molecule has 0 radical (unpaired) electrons. The molecule has 3 rings (SSSR count). The standard InChI is InChI=1S/C17H12Cl2F3N3O/c18-11-3-1-10(2-4-11)14-9-15(23-16(26)17(20,21)22)24-25(14)13-7-5-12(19)6-8-13/h1-8,14H,9H2,(H,23,24,26). The number of alkyl halides is 3. The topological polar surface area (TPSA) is 44.7 Å². The molecule has 1 amide bonds. The number of amidine groups is 1. The molecule has 4 nitrogen and oxygen atoms in total. The maximum absolute atomic E-state index is 12.5. The maximum atomic E-state index is 12.5. The summed E-state index contributed by atoms with van der Waals surface area (Å²) in [5.41, 5.74) is 1.43. The Bertz CT molecular complexity index is 836. The van der Waals surface area contributed by atoms with Crippen LogP contribution in [0.5, 0.6) is 0 Å². The fraction of sp³-hybridized carbons (Fsp3) is 0.176. The van der Waals surface area contributed by atoms with Gasteiger partial charge < -0.3 is 5.32 Å². The van der Waals surface area contributed by atoms with Gasteiger partial charge in [0.05, 0.1) is 11.7 Å². The lowest BCUT2D eigenvalue weighted by Crippen LogP contribution is -2.40. The van der Waals surface area contributed by atoms with Crippen LogP contribution in [0.2, 0.25) is 10.0 Å². The van der Waals surface area contributed by atoms with Crippen LogP contribution in [0.1, 0.15) is 18.0 Å².